The van der Waals surface area contributed by atoms with E-state index in [1.807, 2.05) is 24.3 Å². The lowest BCUT2D eigenvalue weighted by Crippen LogP contribution is -2.42. The van der Waals surface area contributed by atoms with Gasteiger partial charge in [0.25, 0.3) is 15.9 Å². The van der Waals surface area contributed by atoms with Crippen molar-refractivity contribution in [3.05, 3.63) is 82.0 Å². The Morgan fingerprint density at radius 2 is 1.55 bits per heavy atom. The zero-order valence-corrected chi connectivity index (χ0v) is 20.0. The van der Waals surface area contributed by atoms with Gasteiger partial charge in [-0.25, -0.2) is 8.42 Å². The molecule has 0 saturated carbocycles. The van der Waals surface area contributed by atoms with Crippen LogP contribution in [0.1, 0.15) is 29.0 Å². The van der Waals surface area contributed by atoms with Gasteiger partial charge in [0.15, 0.2) is 0 Å². The summed E-state index contributed by atoms with van der Waals surface area (Å²) in [6.45, 7) is 0.845. The van der Waals surface area contributed by atoms with Crippen molar-refractivity contribution in [2.75, 3.05) is 18.4 Å². The minimum absolute atomic E-state index is 0.0735. The van der Waals surface area contributed by atoms with Crippen molar-refractivity contribution in [1.82, 2.24) is 9.62 Å². The minimum Gasteiger partial charge on any atom is -0.446 e. The molecule has 7 nitrogen and oxygen atoms in total. The van der Waals surface area contributed by atoms with Crippen LogP contribution in [0.2, 0.25) is 10.0 Å². The van der Waals surface area contributed by atoms with Crippen LogP contribution in [0.4, 0.5) is 5.69 Å². The summed E-state index contributed by atoms with van der Waals surface area (Å²) in [7, 11) is -3.74. The first-order chi connectivity index (χ1) is 15.8. The molecule has 0 spiro atoms. The molecule has 2 heterocycles. The van der Waals surface area contributed by atoms with Gasteiger partial charge in [-0.3, -0.25) is 4.79 Å². The van der Waals surface area contributed by atoms with Gasteiger partial charge in [0.2, 0.25) is 5.09 Å². The monoisotopic (exact) mass is 507 g/mol. The summed E-state index contributed by atoms with van der Waals surface area (Å²) in [4.78, 5) is 12.2. The van der Waals surface area contributed by atoms with Crippen LogP contribution in [0.25, 0.3) is 0 Å². The van der Waals surface area contributed by atoms with E-state index >= 15 is 0 Å². The molecule has 174 valence electrons. The molecule has 2 aromatic carbocycles. The molecule has 0 aliphatic carbocycles. The highest BCUT2D eigenvalue weighted by Crippen LogP contribution is 2.25. The number of hydrogen-bond acceptors (Lipinski definition) is 5. The second-order valence-corrected chi connectivity index (χ2v) is 10.5. The van der Waals surface area contributed by atoms with Crippen LogP contribution in [-0.2, 0) is 16.6 Å². The summed E-state index contributed by atoms with van der Waals surface area (Å²) in [6, 6.07) is 17.1. The normalized spacial score (nSPS) is 15.3. The Labute approximate surface area is 202 Å². The predicted molar refractivity (Wildman–Crippen MR) is 128 cm³/mol. The highest BCUT2D eigenvalue weighted by molar-refractivity contribution is 7.89. The maximum absolute atomic E-state index is 13.0. The molecule has 2 N–H and O–H groups in total. The van der Waals surface area contributed by atoms with Gasteiger partial charge in [-0.15, -0.1) is 0 Å². The van der Waals surface area contributed by atoms with Crippen LogP contribution in [0.3, 0.4) is 0 Å². The van der Waals surface area contributed by atoms with E-state index in [1.165, 1.54) is 10.4 Å². The molecule has 0 unspecified atom stereocenters. The molecular formula is C23H23Cl2N3O4S. The third-order valence-electron chi connectivity index (χ3n) is 5.43. The lowest BCUT2D eigenvalue weighted by atomic mass is 10.1. The van der Waals surface area contributed by atoms with E-state index < -0.39 is 10.0 Å². The van der Waals surface area contributed by atoms with E-state index in [9.17, 15) is 13.2 Å². The number of nitrogens with one attached hydrogen (secondary N) is 2. The fraction of sp³-hybridized carbons (Fsp3) is 0.261. The molecule has 1 aromatic heterocycles. The Hall–Kier alpha value is -2.52. The molecule has 10 heteroatoms. The third-order valence-corrected chi connectivity index (χ3v) is 7.71. The van der Waals surface area contributed by atoms with Crippen LogP contribution in [0.5, 0.6) is 0 Å². The number of halogens is 2. The molecule has 0 atom stereocenters. The number of carbonyl (C=O) groups excluding carboxylic acids is 1. The van der Waals surface area contributed by atoms with E-state index in [0.29, 0.717) is 47.3 Å². The molecule has 0 radical (unpaired) electrons. The van der Waals surface area contributed by atoms with Gasteiger partial charge in [0, 0.05) is 40.4 Å². The topological polar surface area (TPSA) is 91.7 Å². The Balaban J connectivity index is 1.31. The average Bonchev–Trinajstić information content (AvgIpc) is 3.30. The predicted octanol–water partition coefficient (Wildman–Crippen LogP) is 4.78. The zero-order chi connectivity index (χ0) is 23.4. The summed E-state index contributed by atoms with van der Waals surface area (Å²) in [5.74, 6) is 0.0536. The van der Waals surface area contributed by atoms with Gasteiger partial charge in [0.1, 0.15) is 5.76 Å². The van der Waals surface area contributed by atoms with Crippen molar-refractivity contribution in [3.8, 4) is 0 Å². The summed E-state index contributed by atoms with van der Waals surface area (Å²) in [6.07, 6.45) is 1.35. The molecule has 3 aromatic rings. The first-order valence-electron chi connectivity index (χ1n) is 10.5. The Bertz CT molecular complexity index is 1200. The molecule has 33 heavy (non-hydrogen) atoms. The number of anilines is 1. The smallest absolute Gasteiger partial charge is 0.276 e. The van der Waals surface area contributed by atoms with Crippen molar-refractivity contribution in [1.29, 1.82) is 0 Å². The molecule has 0 bridgehead atoms. The van der Waals surface area contributed by atoms with Crippen LogP contribution in [0, 0.1) is 0 Å². The lowest BCUT2D eigenvalue weighted by Gasteiger charge is -2.31. The molecule has 1 aliphatic rings. The SMILES string of the molecule is O=C(NCc1ccc(S(=O)(=O)N2CCC(Nc3ccc(Cl)cc3)CC2)o1)c1ccc(Cl)cc1. The summed E-state index contributed by atoms with van der Waals surface area (Å²) in [5, 5.41) is 7.21. The van der Waals surface area contributed by atoms with Crippen LogP contribution in [-0.4, -0.2) is 37.8 Å². The second-order valence-electron chi connectivity index (χ2n) is 7.74. The first-order valence-corrected chi connectivity index (χ1v) is 12.7. The van der Waals surface area contributed by atoms with Gasteiger partial charge in [-0.1, -0.05) is 23.2 Å². The molecule has 1 amide bonds. The molecular weight excluding hydrogens is 485 g/mol. The summed E-state index contributed by atoms with van der Waals surface area (Å²) in [5.41, 5.74) is 1.41. The van der Waals surface area contributed by atoms with E-state index in [1.54, 1.807) is 30.3 Å². The number of rotatable bonds is 7. The molecule has 1 aliphatic heterocycles. The van der Waals surface area contributed by atoms with Crippen molar-refractivity contribution in [2.45, 2.75) is 30.5 Å². The minimum atomic E-state index is -3.74. The maximum atomic E-state index is 13.0. The summed E-state index contributed by atoms with van der Waals surface area (Å²) < 4.78 is 33.0. The van der Waals surface area contributed by atoms with Crippen molar-refractivity contribution in [3.63, 3.8) is 0 Å². The second kappa shape index (κ2) is 10.2. The van der Waals surface area contributed by atoms with E-state index in [-0.39, 0.29) is 23.6 Å². The number of benzene rings is 2. The fourth-order valence-electron chi connectivity index (χ4n) is 3.61. The Kier molecular flexibility index (Phi) is 7.29. The largest absolute Gasteiger partial charge is 0.446 e. The highest BCUT2D eigenvalue weighted by Gasteiger charge is 2.31. The number of sulfonamides is 1. The number of nitrogens with zero attached hydrogens (tertiary/aromatic N) is 1. The quantitative estimate of drug-likeness (QED) is 0.479. The molecule has 1 saturated heterocycles. The van der Waals surface area contributed by atoms with Gasteiger partial charge < -0.3 is 15.1 Å². The number of furan rings is 1. The van der Waals surface area contributed by atoms with Crippen LogP contribution < -0.4 is 10.6 Å². The Morgan fingerprint density at radius 1 is 0.939 bits per heavy atom. The number of piperidine rings is 1. The highest BCUT2D eigenvalue weighted by atomic mass is 35.5. The van der Waals surface area contributed by atoms with Gasteiger partial charge >= 0.3 is 0 Å². The third kappa shape index (κ3) is 5.89. The number of carbonyl (C=O) groups is 1. The fourth-order valence-corrected chi connectivity index (χ4v) is 5.26. The molecule has 1 fully saturated rings. The van der Waals surface area contributed by atoms with Gasteiger partial charge in [-0.2, -0.15) is 4.31 Å². The van der Waals surface area contributed by atoms with Crippen molar-refractivity contribution >= 4 is 44.8 Å². The lowest BCUT2D eigenvalue weighted by molar-refractivity contribution is 0.0947. The number of amides is 1. The maximum Gasteiger partial charge on any atom is 0.276 e. The van der Waals surface area contributed by atoms with Crippen LogP contribution in [0.15, 0.2) is 70.2 Å². The molecule has 4 rings (SSSR count). The van der Waals surface area contributed by atoms with E-state index in [4.69, 9.17) is 27.6 Å². The van der Waals surface area contributed by atoms with Gasteiger partial charge in [-0.05, 0) is 73.5 Å². The zero-order valence-electron chi connectivity index (χ0n) is 17.6. The Morgan fingerprint density at radius 3 is 2.18 bits per heavy atom. The van der Waals surface area contributed by atoms with Crippen LogP contribution >= 0.6 is 23.2 Å². The number of hydrogen-bond donors (Lipinski definition) is 2. The standard InChI is InChI=1S/C23H23Cl2N3O4S/c24-17-3-1-16(2-4-17)23(29)26-15-21-9-10-22(32-21)33(30,31)28-13-11-20(12-14-28)27-19-7-5-18(25)6-8-19/h1-10,20,27H,11-15H2,(H,26,29). The van der Waals surface area contributed by atoms with E-state index in [0.717, 1.165) is 5.69 Å². The van der Waals surface area contributed by atoms with Gasteiger partial charge in [0.05, 0.1) is 6.54 Å². The van der Waals surface area contributed by atoms with Crippen molar-refractivity contribution in [2.24, 2.45) is 0 Å². The average molecular weight is 508 g/mol. The first kappa shape index (κ1) is 23.6. The van der Waals surface area contributed by atoms with E-state index in [2.05, 4.69) is 10.6 Å². The van der Waals surface area contributed by atoms with Crippen molar-refractivity contribution < 1.29 is 17.6 Å². The summed E-state index contributed by atoms with van der Waals surface area (Å²) >= 11 is 11.7.